The number of rotatable bonds is 11. The summed E-state index contributed by atoms with van der Waals surface area (Å²) in [6.07, 6.45) is 4.36. The van der Waals surface area contributed by atoms with E-state index in [-0.39, 0.29) is 35.7 Å². The van der Waals surface area contributed by atoms with Crippen LogP contribution in [-0.4, -0.2) is 120 Å². The van der Waals surface area contributed by atoms with Gasteiger partial charge in [0.2, 0.25) is 11.8 Å². The van der Waals surface area contributed by atoms with Crippen molar-refractivity contribution in [3.63, 3.8) is 0 Å². The summed E-state index contributed by atoms with van der Waals surface area (Å²) in [4.78, 5) is 66.2. The summed E-state index contributed by atoms with van der Waals surface area (Å²) in [5.74, 6) is -0.830. The van der Waals surface area contributed by atoms with E-state index in [0.717, 1.165) is 82.0 Å². The minimum Gasteiger partial charge on any atom is -0.383 e. The van der Waals surface area contributed by atoms with Gasteiger partial charge in [0.15, 0.2) is 11.9 Å². The number of aromatic nitrogens is 4. The first-order chi connectivity index (χ1) is 28.6. The lowest BCUT2D eigenvalue weighted by atomic mass is 9.95. The monoisotopic (exact) mass is 801 g/mol. The zero-order valence-corrected chi connectivity index (χ0v) is 33.2. The van der Waals surface area contributed by atoms with Crippen LogP contribution in [0.2, 0.25) is 0 Å². The first-order valence-corrected chi connectivity index (χ1v) is 20.1. The van der Waals surface area contributed by atoms with Crippen LogP contribution < -0.4 is 26.2 Å². The first kappa shape index (κ1) is 39.6. The van der Waals surface area contributed by atoms with Gasteiger partial charge in [-0.25, -0.2) is 19.0 Å². The fraction of sp³-hybridized carbons (Fsp3) is 0.372. The minimum absolute atomic E-state index is 0.156. The van der Waals surface area contributed by atoms with E-state index in [2.05, 4.69) is 35.3 Å². The summed E-state index contributed by atoms with van der Waals surface area (Å²) in [6, 6.07) is 17.7. The number of likely N-dealkylation sites (N-methyl/N-ethyl adjacent to an activating group) is 1. The number of carbonyl (C=O) groups excluding carboxylic acids is 4. The van der Waals surface area contributed by atoms with Crippen molar-refractivity contribution in [2.75, 3.05) is 75.4 Å². The number of amides is 3. The number of aldehydes is 1. The predicted octanol–water partition coefficient (Wildman–Crippen LogP) is 3.65. The summed E-state index contributed by atoms with van der Waals surface area (Å²) in [6.45, 7) is 6.46. The van der Waals surface area contributed by atoms with E-state index in [1.165, 1.54) is 24.3 Å². The number of imide groups is 1. The third-order valence-corrected chi connectivity index (χ3v) is 11.9. The average molecular weight is 802 g/mol. The standard InChI is InChI=1S/C43H48FN11O4/c1-46-23-27-3-5-29(6-4-27)39-38-40(45)47-26-48-41(38)55(50-39)32-8-10-35(34(44)22-32)54-15-13-28(14-16-54)24-52-17-19-53(20-18-52)31-7-9-33(30(21-31)25-56)43(59)51(2)36-11-12-37(57)49-42(36)58/h3-10,21-22,25-26,28,36,46H,11-20,23-24H2,1-2H3,(H2,45,47,48)(H,49,57,58). The Morgan fingerprint density at radius 1 is 0.949 bits per heavy atom. The molecule has 0 aliphatic carbocycles. The maximum atomic E-state index is 15.9. The van der Waals surface area contributed by atoms with Crippen LogP contribution in [0.3, 0.4) is 0 Å². The fourth-order valence-corrected chi connectivity index (χ4v) is 8.56. The molecule has 0 saturated carbocycles. The number of benzene rings is 3. The van der Waals surface area contributed by atoms with Crippen molar-refractivity contribution < 1.29 is 23.6 Å². The molecule has 15 nitrogen and oxygen atoms in total. The van der Waals surface area contributed by atoms with Crippen LogP contribution in [0.1, 0.15) is 52.0 Å². The van der Waals surface area contributed by atoms with Gasteiger partial charge in [0.1, 0.15) is 29.7 Å². The van der Waals surface area contributed by atoms with Crippen LogP contribution in [-0.2, 0) is 16.1 Å². The number of nitrogen functional groups attached to an aromatic ring is 1. The summed E-state index contributed by atoms with van der Waals surface area (Å²) < 4.78 is 17.5. The molecule has 8 rings (SSSR count). The largest absolute Gasteiger partial charge is 0.383 e. The van der Waals surface area contributed by atoms with Crippen LogP contribution in [0, 0.1) is 11.7 Å². The van der Waals surface area contributed by atoms with Crippen molar-refractivity contribution in [3.05, 3.63) is 89.5 Å². The van der Waals surface area contributed by atoms with Crippen molar-refractivity contribution in [1.82, 2.24) is 40.2 Å². The quantitative estimate of drug-likeness (QED) is 0.131. The first-order valence-electron chi connectivity index (χ1n) is 20.1. The normalized spacial score (nSPS) is 18.0. The van der Waals surface area contributed by atoms with Crippen LogP contribution in [0.5, 0.6) is 0 Å². The van der Waals surface area contributed by atoms with E-state index in [9.17, 15) is 19.2 Å². The maximum absolute atomic E-state index is 15.9. The molecule has 306 valence electrons. The number of nitrogens with two attached hydrogens (primary N) is 1. The van der Waals surface area contributed by atoms with Gasteiger partial charge in [0.25, 0.3) is 5.91 Å². The third kappa shape index (κ3) is 8.10. The van der Waals surface area contributed by atoms with Gasteiger partial charge in [-0.05, 0) is 68.1 Å². The molecule has 1 atom stereocenters. The molecule has 0 spiro atoms. The summed E-state index contributed by atoms with van der Waals surface area (Å²) >= 11 is 0. The SMILES string of the molecule is CNCc1ccc(-c2nn(-c3ccc(N4CCC(CN5CCN(c6ccc(C(=O)N(C)C7CCC(=O)NC7=O)c(C=O)c6)CC5)CC4)c(F)c3)c3ncnc(N)c23)cc1. The Morgan fingerprint density at radius 2 is 1.69 bits per heavy atom. The van der Waals surface area contributed by atoms with Crippen molar-refractivity contribution in [2.24, 2.45) is 5.92 Å². The lowest BCUT2D eigenvalue weighted by Crippen LogP contribution is -2.53. The molecule has 2 aromatic heterocycles. The van der Waals surface area contributed by atoms with Crippen LogP contribution in [0.25, 0.3) is 28.0 Å². The highest BCUT2D eigenvalue weighted by atomic mass is 19.1. The second kappa shape index (κ2) is 16.9. The smallest absolute Gasteiger partial charge is 0.255 e. The van der Waals surface area contributed by atoms with Gasteiger partial charge in [-0.15, -0.1) is 0 Å². The molecule has 0 bridgehead atoms. The molecule has 0 radical (unpaired) electrons. The number of hydrogen-bond acceptors (Lipinski definition) is 12. The number of carbonyl (C=O) groups is 4. The summed E-state index contributed by atoms with van der Waals surface area (Å²) in [5.41, 5.74) is 11.9. The van der Waals surface area contributed by atoms with Crippen LogP contribution in [0.15, 0.2) is 67.0 Å². The Morgan fingerprint density at radius 3 is 2.39 bits per heavy atom. The summed E-state index contributed by atoms with van der Waals surface area (Å²) in [5, 5.41) is 10.9. The van der Waals surface area contributed by atoms with E-state index in [1.807, 2.05) is 49.5 Å². The topological polar surface area (TPSA) is 175 Å². The number of hydrogen-bond donors (Lipinski definition) is 3. The molecule has 5 aromatic rings. The van der Waals surface area contributed by atoms with E-state index >= 15 is 4.39 Å². The molecule has 59 heavy (non-hydrogen) atoms. The van der Waals surface area contributed by atoms with E-state index in [0.29, 0.717) is 46.1 Å². The molecule has 3 amide bonds. The van der Waals surface area contributed by atoms with Gasteiger partial charge < -0.3 is 25.8 Å². The number of halogens is 1. The molecular formula is C43H48FN11O4. The number of fused-ring (bicyclic) bond motifs is 1. The second-order valence-electron chi connectivity index (χ2n) is 15.6. The Bertz CT molecular complexity index is 2390. The highest BCUT2D eigenvalue weighted by Crippen LogP contribution is 2.34. The molecule has 3 aliphatic heterocycles. The Labute approximate surface area is 341 Å². The summed E-state index contributed by atoms with van der Waals surface area (Å²) in [7, 11) is 3.42. The Hall–Kier alpha value is -6.26. The van der Waals surface area contributed by atoms with Crippen molar-refractivity contribution in [2.45, 2.75) is 38.3 Å². The molecule has 3 saturated heterocycles. The van der Waals surface area contributed by atoms with Gasteiger partial charge in [-0.3, -0.25) is 29.4 Å². The van der Waals surface area contributed by atoms with Gasteiger partial charge in [-0.2, -0.15) is 5.10 Å². The van der Waals surface area contributed by atoms with Crippen LogP contribution in [0.4, 0.5) is 21.6 Å². The number of nitrogens with zero attached hydrogens (tertiary/aromatic N) is 8. The molecular weight excluding hydrogens is 754 g/mol. The maximum Gasteiger partial charge on any atom is 0.255 e. The predicted molar refractivity (Wildman–Crippen MR) is 223 cm³/mol. The van der Waals surface area contributed by atoms with Gasteiger partial charge >= 0.3 is 0 Å². The Kier molecular flexibility index (Phi) is 11.3. The zero-order chi connectivity index (χ0) is 41.2. The molecule has 4 N–H and O–H groups in total. The number of nitrogens with one attached hydrogen (secondary N) is 2. The highest BCUT2D eigenvalue weighted by Gasteiger charge is 2.34. The molecule has 3 fully saturated rings. The number of anilines is 3. The lowest BCUT2D eigenvalue weighted by Gasteiger charge is -2.40. The molecule has 3 aromatic carbocycles. The Balaban J connectivity index is 0.860. The second-order valence-corrected chi connectivity index (χ2v) is 15.6. The van der Waals surface area contributed by atoms with Crippen molar-refractivity contribution in [3.8, 4) is 16.9 Å². The van der Waals surface area contributed by atoms with Crippen LogP contribution >= 0.6 is 0 Å². The third-order valence-electron chi connectivity index (χ3n) is 11.9. The van der Waals surface area contributed by atoms with Gasteiger partial charge in [0.05, 0.1) is 22.3 Å². The van der Waals surface area contributed by atoms with E-state index in [1.54, 1.807) is 16.8 Å². The van der Waals surface area contributed by atoms with Crippen molar-refractivity contribution in [1.29, 1.82) is 0 Å². The molecule has 16 heteroatoms. The highest BCUT2D eigenvalue weighted by molar-refractivity contribution is 6.06. The zero-order valence-electron chi connectivity index (χ0n) is 33.2. The number of piperidine rings is 2. The molecule has 5 heterocycles. The average Bonchev–Trinajstić information content (AvgIpc) is 3.65. The molecule has 1 unspecified atom stereocenters. The molecule has 3 aliphatic rings. The van der Waals surface area contributed by atoms with E-state index < -0.39 is 17.9 Å². The minimum atomic E-state index is -0.771. The van der Waals surface area contributed by atoms with Crippen molar-refractivity contribution >= 4 is 52.2 Å². The fourth-order valence-electron chi connectivity index (χ4n) is 8.56. The lowest BCUT2D eigenvalue weighted by molar-refractivity contribution is -0.136. The van der Waals surface area contributed by atoms with E-state index in [4.69, 9.17) is 10.8 Å². The number of piperazine rings is 1. The van der Waals surface area contributed by atoms with Gasteiger partial charge in [0, 0.05) is 88.7 Å². The van der Waals surface area contributed by atoms with Gasteiger partial charge in [-0.1, -0.05) is 24.3 Å².